The molecule has 0 bridgehead atoms. The fourth-order valence-electron chi connectivity index (χ4n) is 1.40. The molecule has 1 aromatic rings. The summed E-state index contributed by atoms with van der Waals surface area (Å²) in [6, 6.07) is 0. The number of hydrazone groups is 1. The lowest BCUT2D eigenvalue weighted by molar-refractivity contribution is 0.596. The number of rotatable bonds is 6. The molecule has 6 heteroatoms. The van der Waals surface area contributed by atoms with Gasteiger partial charge in [0.25, 0.3) is 0 Å². The van der Waals surface area contributed by atoms with Gasteiger partial charge >= 0.3 is 0 Å². The molecule has 0 saturated heterocycles. The van der Waals surface area contributed by atoms with Crippen molar-refractivity contribution in [3.8, 4) is 0 Å². The summed E-state index contributed by atoms with van der Waals surface area (Å²) in [5.74, 6) is 5.57. The lowest BCUT2D eigenvalue weighted by Crippen LogP contribution is -2.06. The molecule has 0 amide bonds. The van der Waals surface area contributed by atoms with Crippen LogP contribution in [-0.2, 0) is 0 Å². The Labute approximate surface area is 98.4 Å². The summed E-state index contributed by atoms with van der Waals surface area (Å²) < 4.78 is 0. The third kappa shape index (κ3) is 4.17. The van der Waals surface area contributed by atoms with E-state index in [1.54, 1.807) is 34.2 Å². The van der Waals surface area contributed by atoms with Gasteiger partial charge in [-0.05, 0) is 12.8 Å². The minimum Gasteiger partial charge on any atom is -0.323 e. The van der Waals surface area contributed by atoms with Gasteiger partial charge in [0, 0.05) is 11.2 Å². The molecular weight excluding hydrogens is 228 g/mol. The Balaban J connectivity index is 2.47. The maximum absolute atomic E-state index is 5.06. The van der Waals surface area contributed by atoms with E-state index >= 15 is 0 Å². The molecule has 1 heterocycles. The molecule has 0 spiro atoms. The quantitative estimate of drug-likeness (QED) is 0.361. The van der Waals surface area contributed by atoms with Gasteiger partial charge in [-0.15, -0.1) is 33.3 Å². The van der Waals surface area contributed by atoms with Gasteiger partial charge in [0.1, 0.15) is 10.5 Å². The molecule has 0 aliphatic heterocycles. The highest BCUT2D eigenvalue weighted by Gasteiger charge is 2.16. The first-order valence-corrected chi connectivity index (χ1v) is 6.73. The highest BCUT2D eigenvalue weighted by Crippen LogP contribution is 2.29. The third-order valence-electron chi connectivity index (χ3n) is 2.19. The van der Waals surface area contributed by atoms with E-state index in [1.165, 1.54) is 0 Å². The second-order valence-corrected chi connectivity index (χ2v) is 5.47. The van der Waals surface area contributed by atoms with Crippen LogP contribution in [0.25, 0.3) is 0 Å². The summed E-state index contributed by atoms with van der Waals surface area (Å²) in [5, 5.41) is 13.1. The van der Waals surface area contributed by atoms with Crippen molar-refractivity contribution in [3.05, 3.63) is 10.5 Å². The van der Waals surface area contributed by atoms with E-state index in [1.807, 2.05) is 0 Å². The molecule has 84 valence electrons. The van der Waals surface area contributed by atoms with Gasteiger partial charge in [-0.25, -0.2) is 0 Å². The molecule has 0 saturated carbocycles. The standard InChI is InChI=1S/C9H16N4S2/c1-3-8(9-13-12-6-15-9)4-7(2)14-5-11-10/h5-8H,3-4,10H2,1-2H3/b11-5-. The van der Waals surface area contributed by atoms with Crippen LogP contribution in [0.1, 0.15) is 37.6 Å². The van der Waals surface area contributed by atoms with E-state index in [4.69, 9.17) is 5.84 Å². The summed E-state index contributed by atoms with van der Waals surface area (Å²) in [4.78, 5) is 0. The van der Waals surface area contributed by atoms with Crippen LogP contribution in [0.4, 0.5) is 0 Å². The molecule has 15 heavy (non-hydrogen) atoms. The first-order valence-electron chi connectivity index (χ1n) is 4.91. The Bertz CT molecular complexity index is 286. The van der Waals surface area contributed by atoms with E-state index in [0.29, 0.717) is 11.2 Å². The Morgan fingerprint density at radius 3 is 3.07 bits per heavy atom. The van der Waals surface area contributed by atoms with Crippen LogP contribution < -0.4 is 5.84 Å². The molecule has 2 unspecified atom stereocenters. The van der Waals surface area contributed by atoms with Crippen LogP contribution in [0.5, 0.6) is 0 Å². The minimum atomic E-state index is 0.506. The van der Waals surface area contributed by atoms with Crippen LogP contribution in [0.2, 0.25) is 0 Å². The maximum atomic E-state index is 5.06. The second-order valence-electron chi connectivity index (χ2n) is 3.32. The predicted molar refractivity (Wildman–Crippen MR) is 67.3 cm³/mol. The fraction of sp³-hybridized carbons (Fsp3) is 0.667. The molecule has 1 aromatic heterocycles. The van der Waals surface area contributed by atoms with Gasteiger partial charge in [-0.1, -0.05) is 13.8 Å². The van der Waals surface area contributed by atoms with Gasteiger partial charge in [0.15, 0.2) is 0 Å². The number of hydrogen-bond donors (Lipinski definition) is 1. The van der Waals surface area contributed by atoms with Gasteiger partial charge in [-0.2, -0.15) is 5.10 Å². The maximum Gasteiger partial charge on any atom is 0.120 e. The molecule has 0 aliphatic carbocycles. The summed E-state index contributed by atoms with van der Waals surface area (Å²) in [5.41, 5.74) is 3.48. The highest BCUT2D eigenvalue weighted by atomic mass is 32.2. The number of nitrogens with zero attached hydrogens (tertiary/aromatic N) is 3. The minimum absolute atomic E-state index is 0.506. The number of thioether (sulfide) groups is 1. The van der Waals surface area contributed by atoms with Crippen molar-refractivity contribution < 1.29 is 0 Å². The van der Waals surface area contributed by atoms with E-state index in [9.17, 15) is 0 Å². The normalized spacial score (nSPS) is 15.6. The van der Waals surface area contributed by atoms with E-state index < -0.39 is 0 Å². The fourth-order valence-corrected chi connectivity index (χ4v) is 2.77. The zero-order chi connectivity index (χ0) is 11.1. The molecule has 2 atom stereocenters. The lowest BCUT2D eigenvalue weighted by atomic mass is 10.0. The molecule has 0 fully saturated rings. The summed E-state index contributed by atoms with van der Waals surface area (Å²) in [6.45, 7) is 4.36. The average molecular weight is 244 g/mol. The summed E-state index contributed by atoms with van der Waals surface area (Å²) in [6.07, 6.45) is 2.18. The van der Waals surface area contributed by atoms with Gasteiger partial charge in [0.2, 0.25) is 0 Å². The van der Waals surface area contributed by atoms with E-state index in [-0.39, 0.29) is 0 Å². The van der Waals surface area contributed by atoms with Crippen LogP contribution >= 0.6 is 23.1 Å². The van der Waals surface area contributed by atoms with Gasteiger partial charge in [-0.3, -0.25) is 0 Å². The van der Waals surface area contributed by atoms with Crippen molar-refractivity contribution >= 4 is 28.6 Å². The van der Waals surface area contributed by atoms with Crippen molar-refractivity contribution in [1.29, 1.82) is 0 Å². The van der Waals surface area contributed by atoms with Crippen LogP contribution in [0, 0.1) is 0 Å². The molecular formula is C9H16N4S2. The second kappa shape index (κ2) is 6.79. The first-order chi connectivity index (χ1) is 7.27. The first kappa shape index (κ1) is 12.4. The molecule has 0 aliphatic rings. The van der Waals surface area contributed by atoms with Gasteiger partial charge < -0.3 is 5.84 Å². The number of nitrogens with two attached hydrogens (primary N) is 1. The number of hydrogen-bond acceptors (Lipinski definition) is 6. The van der Waals surface area contributed by atoms with Crippen molar-refractivity contribution in [2.75, 3.05) is 0 Å². The molecule has 0 radical (unpaired) electrons. The van der Waals surface area contributed by atoms with Crippen LogP contribution in [0.3, 0.4) is 0 Å². The SMILES string of the molecule is CCC(CC(C)S/C=N\N)c1nncs1. The largest absolute Gasteiger partial charge is 0.323 e. The Morgan fingerprint density at radius 1 is 1.73 bits per heavy atom. The van der Waals surface area contributed by atoms with E-state index in [0.717, 1.165) is 17.8 Å². The van der Waals surface area contributed by atoms with Crippen LogP contribution in [-0.4, -0.2) is 21.0 Å². The highest BCUT2D eigenvalue weighted by molar-refractivity contribution is 8.12. The predicted octanol–water partition coefficient (Wildman–Crippen LogP) is 2.45. The zero-order valence-electron chi connectivity index (χ0n) is 8.96. The van der Waals surface area contributed by atoms with Crippen molar-refractivity contribution in [3.63, 3.8) is 0 Å². The zero-order valence-corrected chi connectivity index (χ0v) is 10.6. The molecule has 0 aromatic carbocycles. The smallest absolute Gasteiger partial charge is 0.120 e. The van der Waals surface area contributed by atoms with E-state index in [2.05, 4.69) is 29.1 Å². The topological polar surface area (TPSA) is 64.2 Å². The van der Waals surface area contributed by atoms with Crippen molar-refractivity contribution in [1.82, 2.24) is 10.2 Å². The lowest BCUT2D eigenvalue weighted by Gasteiger charge is -2.15. The molecule has 2 N–H and O–H groups in total. The summed E-state index contributed by atoms with van der Waals surface area (Å²) in [7, 11) is 0. The monoisotopic (exact) mass is 244 g/mol. The van der Waals surface area contributed by atoms with Crippen LogP contribution in [0.15, 0.2) is 10.6 Å². The molecule has 1 rings (SSSR count). The third-order valence-corrected chi connectivity index (χ3v) is 3.95. The Hall–Kier alpha value is -0.620. The van der Waals surface area contributed by atoms with Crippen molar-refractivity contribution in [2.45, 2.75) is 37.9 Å². The van der Waals surface area contributed by atoms with Gasteiger partial charge in [0.05, 0.1) is 5.55 Å². The average Bonchev–Trinajstić information content (AvgIpc) is 2.76. The summed E-state index contributed by atoms with van der Waals surface area (Å²) >= 11 is 3.29. The number of aromatic nitrogens is 2. The molecule has 4 nitrogen and oxygen atoms in total. The van der Waals surface area contributed by atoms with Crippen molar-refractivity contribution in [2.24, 2.45) is 10.9 Å². The Kier molecular flexibility index (Phi) is 5.63. The Morgan fingerprint density at radius 2 is 2.53 bits per heavy atom.